The number of anilines is 1. The highest BCUT2D eigenvalue weighted by Crippen LogP contribution is 2.20. The maximum Gasteiger partial charge on any atom is 0.255 e. The highest BCUT2D eigenvalue weighted by Gasteiger charge is 2.09. The highest BCUT2D eigenvalue weighted by molar-refractivity contribution is 6.06. The summed E-state index contributed by atoms with van der Waals surface area (Å²) < 4.78 is 2.19. The van der Waals surface area contributed by atoms with Gasteiger partial charge in [-0.25, -0.2) is 0 Å². The van der Waals surface area contributed by atoms with Gasteiger partial charge in [0.2, 0.25) is 0 Å². The molecule has 0 atom stereocenters. The molecular formula is C21H17N3O. The summed E-state index contributed by atoms with van der Waals surface area (Å²) in [7, 11) is 0. The molecule has 0 saturated heterocycles. The van der Waals surface area contributed by atoms with Crippen LogP contribution in [0.15, 0.2) is 85.3 Å². The van der Waals surface area contributed by atoms with Crippen LogP contribution in [0.25, 0.3) is 10.9 Å². The van der Waals surface area contributed by atoms with Crippen LogP contribution in [0.3, 0.4) is 0 Å². The minimum Gasteiger partial charge on any atom is -0.343 e. The summed E-state index contributed by atoms with van der Waals surface area (Å²) in [5, 5.41) is 3.91. The van der Waals surface area contributed by atoms with E-state index in [1.165, 1.54) is 5.56 Å². The van der Waals surface area contributed by atoms with Crippen molar-refractivity contribution in [3.05, 3.63) is 96.4 Å². The van der Waals surface area contributed by atoms with Gasteiger partial charge >= 0.3 is 0 Å². The van der Waals surface area contributed by atoms with Gasteiger partial charge in [-0.15, -0.1) is 0 Å². The molecule has 0 saturated carbocycles. The molecule has 4 rings (SSSR count). The van der Waals surface area contributed by atoms with Crippen LogP contribution in [-0.2, 0) is 6.54 Å². The lowest BCUT2D eigenvalue weighted by atomic mass is 10.1. The summed E-state index contributed by atoms with van der Waals surface area (Å²) in [4.78, 5) is 16.4. The second-order valence-electron chi connectivity index (χ2n) is 5.90. The molecule has 4 aromatic rings. The van der Waals surface area contributed by atoms with E-state index in [-0.39, 0.29) is 5.91 Å². The van der Waals surface area contributed by atoms with Crippen molar-refractivity contribution in [3.8, 4) is 0 Å². The van der Waals surface area contributed by atoms with Crippen molar-refractivity contribution in [2.75, 3.05) is 5.32 Å². The van der Waals surface area contributed by atoms with Crippen LogP contribution in [0.2, 0.25) is 0 Å². The lowest BCUT2D eigenvalue weighted by Crippen LogP contribution is -2.11. The molecule has 0 fully saturated rings. The number of benzene rings is 2. The van der Waals surface area contributed by atoms with Gasteiger partial charge in [0, 0.05) is 35.4 Å². The van der Waals surface area contributed by atoms with Gasteiger partial charge < -0.3 is 9.88 Å². The molecule has 0 aliphatic rings. The summed E-state index contributed by atoms with van der Waals surface area (Å²) in [5.41, 5.74) is 3.68. The molecule has 0 spiro atoms. The average Bonchev–Trinajstić information content (AvgIpc) is 3.05. The van der Waals surface area contributed by atoms with Gasteiger partial charge in [0.05, 0.1) is 11.9 Å². The number of aromatic nitrogens is 2. The Bertz CT molecular complexity index is 1010. The summed E-state index contributed by atoms with van der Waals surface area (Å²) in [6.45, 7) is 0.811. The smallest absolute Gasteiger partial charge is 0.255 e. The fraction of sp³-hybridized carbons (Fsp3) is 0.0476. The Morgan fingerprint density at radius 2 is 1.88 bits per heavy atom. The lowest BCUT2D eigenvalue weighted by Gasteiger charge is -2.07. The third-order valence-corrected chi connectivity index (χ3v) is 4.15. The Balaban J connectivity index is 1.58. The van der Waals surface area contributed by atoms with Crippen molar-refractivity contribution in [1.29, 1.82) is 0 Å². The number of pyridine rings is 1. The van der Waals surface area contributed by atoms with Gasteiger partial charge in [-0.3, -0.25) is 9.78 Å². The molecule has 1 N–H and O–H groups in total. The SMILES string of the molecule is O=C(Nc1cccnc1)c1ccc2c(ccn2Cc2ccccc2)c1. The first-order chi connectivity index (χ1) is 12.3. The van der Waals surface area contributed by atoms with Gasteiger partial charge in [-0.2, -0.15) is 0 Å². The Hall–Kier alpha value is -3.40. The van der Waals surface area contributed by atoms with Gasteiger partial charge in [0.25, 0.3) is 5.91 Å². The molecule has 0 radical (unpaired) electrons. The van der Waals surface area contributed by atoms with E-state index in [1.807, 2.05) is 48.5 Å². The van der Waals surface area contributed by atoms with E-state index in [0.29, 0.717) is 11.3 Å². The van der Waals surface area contributed by atoms with Crippen LogP contribution < -0.4 is 5.32 Å². The third kappa shape index (κ3) is 3.28. The number of hydrogen-bond acceptors (Lipinski definition) is 2. The predicted octanol–water partition coefficient (Wildman–Crippen LogP) is 4.34. The fourth-order valence-electron chi connectivity index (χ4n) is 2.90. The highest BCUT2D eigenvalue weighted by atomic mass is 16.1. The Labute approximate surface area is 145 Å². The number of carbonyl (C=O) groups is 1. The molecule has 122 valence electrons. The minimum absolute atomic E-state index is 0.134. The van der Waals surface area contributed by atoms with Crippen LogP contribution in [0.4, 0.5) is 5.69 Å². The molecule has 0 aliphatic carbocycles. The molecule has 4 heteroatoms. The zero-order valence-electron chi connectivity index (χ0n) is 13.6. The second-order valence-corrected chi connectivity index (χ2v) is 5.90. The first kappa shape index (κ1) is 15.1. The Morgan fingerprint density at radius 1 is 1.00 bits per heavy atom. The second kappa shape index (κ2) is 6.61. The van der Waals surface area contributed by atoms with Crippen molar-refractivity contribution in [1.82, 2.24) is 9.55 Å². The number of nitrogens with zero attached hydrogens (tertiary/aromatic N) is 2. The van der Waals surface area contributed by atoms with Crippen molar-refractivity contribution in [2.24, 2.45) is 0 Å². The topological polar surface area (TPSA) is 46.9 Å². The van der Waals surface area contributed by atoms with E-state index >= 15 is 0 Å². The van der Waals surface area contributed by atoms with Crippen LogP contribution in [-0.4, -0.2) is 15.5 Å². The first-order valence-corrected chi connectivity index (χ1v) is 8.14. The molecular weight excluding hydrogens is 310 g/mol. The van der Waals surface area contributed by atoms with E-state index in [4.69, 9.17) is 0 Å². The average molecular weight is 327 g/mol. The van der Waals surface area contributed by atoms with Gasteiger partial charge in [0.15, 0.2) is 0 Å². The van der Waals surface area contributed by atoms with E-state index in [1.54, 1.807) is 18.5 Å². The van der Waals surface area contributed by atoms with Crippen LogP contribution >= 0.6 is 0 Å². The van der Waals surface area contributed by atoms with Gasteiger partial charge in [-0.1, -0.05) is 30.3 Å². The maximum atomic E-state index is 12.4. The molecule has 1 amide bonds. The van der Waals surface area contributed by atoms with Crippen LogP contribution in [0, 0.1) is 0 Å². The number of hydrogen-bond donors (Lipinski definition) is 1. The van der Waals surface area contributed by atoms with Crippen LogP contribution in [0.5, 0.6) is 0 Å². The fourth-order valence-corrected chi connectivity index (χ4v) is 2.90. The monoisotopic (exact) mass is 327 g/mol. The number of amides is 1. The van der Waals surface area contributed by atoms with Gasteiger partial charge in [0.1, 0.15) is 0 Å². The number of rotatable bonds is 4. The number of nitrogens with one attached hydrogen (secondary N) is 1. The third-order valence-electron chi connectivity index (χ3n) is 4.15. The molecule has 4 nitrogen and oxygen atoms in total. The molecule has 0 unspecified atom stereocenters. The van der Waals surface area contributed by atoms with E-state index in [0.717, 1.165) is 17.4 Å². The maximum absolute atomic E-state index is 12.4. The quantitative estimate of drug-likeness (QED) is 0.606. The van der Waals surface area contributed by atoms with Crippen molar-refractivity contribution in [3.63, 3.8) is 0 Å². The summed E-state index contributed by atoms with van der Waals surface area (Å²) in [6.07, 6.45) is 5.37. The lowest BCUT2D eigenvalue weighted by molar-refractivity contribution is 0.102. The number of fused-ring (bicyclic) bond motifs is 1. The summed E-state index contributed by atoms with van der Waals surface area (Å²) in [6, 6.07) is 21.8. The molecule has 0 aliphatic heterocycles. The summed E-state index contributed by atoms with van der Waals surface area (Å²) in [5.74, 6) is -0.134. The molecule has 0 bridgehead atoms. The Kier molecular flexibility index (Phi) is 4.01. The molecule has 2 heterocycles. The summed E-state index contributed by atoms with van der Waals surface area (Å²) >= 11 is 0. The standard InChI is InChI=1S/C21H17N3O/c25-21(23-19-7-4-11-22-14-19)18-8-9-20-17(13-18)10-12-24(20)15-16-5-2-1-3-6-16/h1-14H,15H2,(H,23,25). The zero-order valence-corrected chi connectivity index (χ0v) is 13.6. The normalized spacial score (nSPS) is 10.7. The Morgan fingerprint density at radius 3 is 2.68 bits per heavy atom. The largest absolute Gasteiger partial charge is 0.343 e. The first-order valence-electron chi connectivity index (χ1n) is 8.14. The molecule has 2 aromatic heterocycles. The predicted molar refractivity (Wildman–Crippen MR) is 99.7 cm³/mol. The molecule has 25 heavy (non-hydrogen) atoms. The minimum atomic E-state index is -0.134. The van der Waals surface area contributed by atoms with Crippen LogP contribution in [0.1, 0.15) is 15.9 Å². The molecule has 2 aromatic carbocycles. The van der Waals surface area contributed by atoms with Crippen molar-refractivity contribution >= 4 is 22.5 Å². The number of carbonyl (C=O) groups excluding carboxylic acids is 1. The van der Waals surface area contributed by atoms with Crippen molar-refractivity contribution < 1.29 is 4.79 Å². The van der Waals surface area contributed by atoms with Crippen molar-refractivity contribution in [2.45, 2.75) is 6.54 Å². The van der Waals surface area contributed by atoms with E-state index in [9.17, 15) is 4.79 Å². The van der Waals surface area contributed by atoms with E-state index < -0.39 is 0 Å². The van der Waals surface area contributed by atoms with E-state index in [2.05, 4.69) is 33.2 Å². The zero-order chi connectivity index (χ0) is 17.1. The van der Waals surface area contributed by atoms with Gasteiger partial charge in [-0.05, 0) is 42.0 Å².